The molecule has 1 aliphatic rings. The van der Waals surface area contributed by atoms with Crippen LogP contribution in [0.1, 0.15) is 24.8 Å². The average Bonchev–Trinajstić information content (AvgIpc) is 2.99. The Morgan fingerprint density at radius 1 is 1.48 bits per heavy atom. The summed E-state index contributed by atoms with van der Waals surface area (Å²) >= 11 is 1.96. The van der Waals surface area contributed by atoms with Crippen LogP contribution in [0.15, 0.2) is 23.3 Å². The van der Waals surface area contributed by atoms with E-state index < -0.39 is 0 Å². The largest absolute Gasteiger partial charge is 0.481 e. The molecule has 0 spiro atoms. The lowest BCUT2D eigenvalue weighted by Gasteiger charge is -2.17. The minimum Gasteiger partial charge on any atom is -0.481 e. The quantitative estimate of drug-likeness (QED) is 0.644. The summed E-state index contributed by atoms with van der Waals surface area (Å²) in [6.07, 6.45) is 7.73. The van der Waals surface area contributed by atoms with E-state index in [9.17, 15) is 0 Å². The van der Waals surface area contributed by atoms with E-state index in [1.165, 1.54) is 19.3 Å². The molecule has 0 bridgehead atoms. The van der Waals surface area contributed by atoms with Gasteiger partial charge in [-0.2, -0.15) is 11.8 Å². The first-order chi connectivity index (χ1) is 10.2. The zero-order valence-corrected chi connectivity index (χ0v) is 13.7. The number of nitrogens with one attached hydrogen (secondary N) is 2. The van der Waals surface area contributed by atoms with Crippen LogP contribution in [0.25, 0.3) is 0 Å². The van der Waals surface area contributed by atoms with Crippen LogP contribution in [-0.4, -0.2) is 42.6 Å². The van der Waals surface area contributed by atoms with E-state index in [1.807, 2.05) is 37.1 Å². The van der Waals surface area contributed by atoms with Gasteiger partial charge in [-0.1, -0.05) is 6.07 Å². The summed E-state index contributed by atoms with van der Waals surface area (Å²) in [5.41, 5.74) is 1.10. The number of aromatic nitrogens is 1. The van der Waals surface area contributed by atoms with Gasteiger partial charge in [0.05, 0.1) is 7.11 Å². The fraction of sp³-hybridized carbons (Fsp3) is 0.600. The monoisotopic (exact) mass is 308 g/mol. The highest BCUT2D eigenvalue weighted by Gasteiger charge is 2.24. The number of hydrogen-bond donors (Lipinski definition) is 2. The number of nitrogens with zero attached hydrogens (tertiary/aromatic N) is 2. The molecule has 1 aliphatic carbocycles. The van der Waals surface area contributed by atoms with E-state index in [-0.39, 0.29) is 0 Å². The molecule has 6 heteroatoms. The maximum atomic E-state index is 5.06. The van der Waals surface area contributed by atoms with Gasteiger partial charge in [-0.15, -0.1) is 0 Å². The van der Waals surface area contributed by atoms with Crippen LogP contribution in [0, 0.1) is 0 Å². The Balaban J connectivity index is 1.79. The highest BCUT2D eigenvalue weighted by Crippen LogP contribution is 2.27. The van der Waals surface area contributed by atoms with Crippen molar-refractivity contribution in [1.29, 1.82) is 0 Å². The van der Waals surface area contributed by atoms with Crippen molar-refractivity contribution in [2.24, 2.45) is 4.99 Å². The second kappa shape index (κ2) is 8.12. The van der Waals surface area contributed by atoms with E-state index in [2.05, 4.69) is 26.9 Å². The number of guanidine groups is 1. The first kappa shape index (κ1) is 15.9. The van der Waals surface area contributed by atoms with Gasteiger partial charge >= 0.3 is 0 Å². The molecular weight excluding hydrogens is 284 g/mol. The lowest BCUT2D eigenvalue weighted by Crippen LogP contribution is -2.42. The van der Waals surface area contributed by atoms with E-state index in [1.54, 1.807) is 7.11 Å². The third kappa shape index (κ3) is 4.81. The number of methoxy groups -OCH3 is 1. The summed E-state index contributed by atoms with van der Waals surface area (Å²) in [5.74, 6) is 1.49. The maximum Gasteiger partial charge on any atom is 0.212 e. The smallest absolute Gasteiger partial charge is 0.212 e. The van der Waals surface area contributed by atoms with Crippen molar-refractivity contribution in [3.8, 4) is 5.88 Å². The van der Waals surface area contributed by atoms with E-state index >= 15 is 0 Å². The molecule has 0 amide bonds. The summed E-state index contributed by atoms with van der Waals surface area (Å²) < 4.78 is 5.06. The normalized spacial score (nSPS) is 22.1. The molecule has 0 aromatic carbocycles. The first-order valence-electron chi connectivity index (χ1n) is 7.24. The summed E-state index contributed by atoms with van der Waals surface area (Å²) in [4.78, 5) is 8.49. The Labute approximate surface area is 131 Å². The number of pyridine rings is 1. The third-order valence-corrected chi connectivity index (χ3v) is 4.84. The van der Waals surface area contributed by atoms with Crippen LogP contribution in [0.5, 0.6) is 5.88 Å². The molecule has 1 aromatic rings. The van der Waals surface area contributed by atoms with Crippen molar-refractivity contribution < 1.29 is 4.74 Å². The zero-order valence-electron chi connectivity index (χ0n) is 12.9. The molecule has 1 saturated carbocycles. The van der Waals surface area contributed by atoms with Crippen LogP contribution >= 0.6 is 11.8 Å². The molecule has 21 heavy (non-hydrogen) atoms. The van der Waals surface area contributed by atoms with Gasteiger partial charge in [-0.25, -0.2) is 4.98 Å². The van der Waals surface area contributed by atoms with E-state index in [0.717, 1.165) is 16.8 Å². The Hall–Kier alpha value is -1.43. The third-order valence-electron chi connectivity index (χ3n) is 3.75. The molecule has 2 N–H and O–H groups in total. The molecule has 116 valence electrons. The fourth-order valence-corrected chi connectivity index (χ4v) is 3.29. The predicted molar refractivity (Wildman–Crippen MR) is 89.1 cm³/mol. The molecule has 0 aliphatic heterocycles. The van der Waals surface area contributed by atoms with Gasteiger partial charge in [-0.05, 0) is 31.1 Å². The van der Waals surface area contributed by atoms with Gasteiger partial charge < -0.3 is 15.4 Å². The topological polar surface area (TPSA) is 58.5 Å². The molecule has 1 fully saturated rings. The van der Waals surface area contributed by atoms with Crippen molar-refractivity contribution in [1.82, 2.24) is 15.6 Å². The number of thioether (sulfide) groups is 1. The summed E-state index contributed by atoms with van der Waals surface area (Å²) in [5, 5.41) is 7.62. The SMILES string of the molecule is CN=C(NCc1ccc(OC)nc1)NC1CCC(SC)C1. The van der Waals surface area contributed by atoms with E-state index in [4.69, 9.17) is 4.74 Å². The van der Waals surface area contributed by atoms with Crippen LogP contribution in [-0.2, 0) is 6.54 Å². The standard InChI is InChI=1S/C15H24N4OS/c1-16-15(19-12-5-6-13(8-12)21-3)18-10-11-4-7-14(20-2)17-9-11/h4,7,9,12-13H,5-6,8,10H2,1-3H3,(H2,16,18,19). The van der Waals surface area contributed by atoms with Crippen molar-refractivity contribution in [3.05, 3.63) is 23.9 Å². The first-order valence-corrected chi connectivity index (χ1v) is 8.52. The summed E-state index contributed by atoms with van der Waals surface area (Å²) in [6, 6.07) is 4.40. The fourth-order valence-electron chi connectivity index (χ4n) is 2.50. The minimum absolute atomic E-state index is 0.530. The van der Waals surface area contributed by atoms with Crippen molar-refractivity contribution in [3.63, 3.8) is 0 Å². The Bertz CT molecular complexity index is 463. The minimum atomic E-state index is 0.530. The van der Waals surface area contributed by atoms with Gasteiger partial charge in [0.1, 0.15) is 0 Å². The molecule has 2 unspecified atom stereocenters. The second-order valence-corrected chi connectivity index (χ2v) is 6.28. The van der Waals surface area contributed by atoms with Gasteiger partial charge in [0, 0.05) is 37.1 Å². The van der Waals surface area contributed by atoms with Gasteiger partial charge in [0.15, 0.2) is 5.96 Å². The number of hydrogen-bond acceptors (Lipinski definition) is 4. The number of rotatable bonds is 5. The maximum absolute atomic E-state index is 5.06. The molecule has 0 saturated heterocycles. The van der Waals surface area contributed by atoms with Crippen molar-refractivity contribution in [2.75, 3.05) is 20.4 Å². The molecule has 1 heterocycles. The second-order valence-electron chi connectivity index (χ2n) is 5.15. The van der Waals surface area contributed by atoms with Crippen LogP contribution < -0.4 is 15.4 Å². The molecule has 5 nitrogen and oxygen atoms in total. The average molecular weight is 308 g/mol. The van der Waals surface area contributed by atoms with E-state index in [0.29, 0.717) is 18.5 Å². The molecule has 2 rings (SSSR count). The molecule has 1 aromatic heterocycles. The Kier molecular flexibility index (Phi) is 6.17. The Morgan fingerprint density at radius 3 is 2.90 bits per heavy atom. The van der Waals surface area contributed by atoms with Crippen molar-refractivity contribution in [2.45, 2.75) is 37.1 Å². The molecule has 0 radical (unpaired) electrons. The summed E-state index contributed by atoms with van der Waals surface area (Å²) in [6.45, 7) is 0.704. The predicted octanol–water partition coefficient (Wildman–Crippen LogP) is 2.04. The van der Waals surface area contributed by atoms with Gasteiger partial charge in [0.25, 0.3) is 0 Å². The van der Waals surface area contributed by atoms with Gasteiger partial charge in [-0.3, -0.25) is 4.99 Å². The number of aliphatic imine (C=N–C) groups is 1. The van der Waals surface area contributed by atoms with Crippen LogP contribution in [0.2, 0.25) is 0 Å². The van der Waals surface area contributed by atoms with Crippen molar-refractivity contribution >= 4 is 17.7 Å². The highest BCUT2D eigenvalue weighted by molar-refractivity contribution is 7.99. The lowest BCUT2D eigenvalue weighted by atomic mass is 10.2. The zero-order chi connectivity index (χ0) is 15.1. The summed E-state index contributed by atoms with van der Waals surface area (Å²) in [7, 11) is 3.43. The number of ether oxygens (including phenoxy) is 1. The van der Waals surface area contributed by atoms with Crippen LogP contribution in [0.3, 0.4) is 0 Å². The Morgan fingerprint density at radius 2 is 2.33 bits per heavy atom. The van der Waals surface area contributed by atoms with Gasteiger partial charge in [0.2, 0.25) is 5.88 Å². The molecular formula is C15H24N4OS. The molecule has 2 atom stereocenters. The lowest BCUT2D eigenvalue weighted by molar-refractivity contribution is 0.397. The highest BCUT2D eigenvalue weighted by atomic mass is 32.2. The van der Waals surface area contributed by atoms with Crippen LogP contribution in [0.4, 0.5) is 0 Å².